The minimum Gasteiger partial charge on any atom is -0.495 e. The second kappa shape index (κ2) is 8.19. The lowest BCUT2D eigenvalue weighted by Crippen LogP contribution is -2.20. The molecule has 23 heavy (non-hydrogen) atoms. The summed E-state index contributed by atoms with van der Waals surface area (Å²) in [5.74, 6) is 0.320. The molecular formula is C13H13Cl2N5O2S. The fourth-order valence-corrected chi connectivity index (χ4v) is 2.90. The summed E-state index contributed by atoms with van der Waals surface area (Å²) >= 11 is 13.2. The molecule has 7 nitrogen and oxygen atoms in total. The predicted molar refractivity (Wildman–Crippen MR) is 90.5 cm³/mol. The van der Waals surface area contributed by atoms with E-state index in [1.807, 2.05) is 0 Å². The highest BCUT2D eigenvalue weighted by Gasteiger charge is 2.09. The Labute approximate surface area is 147 Å². The molecule has 2 aromatic rings. The number of carbonyl (C=O) groups excluding carboxylic acids is 1. The number of aryl methyl sites for hydroxylation is 1. The summed E-state index contributed by atoms with van der Waals surface area (Å²) in [5, 5.41) is 12.9. The number of ether oxygens (including phenoxy) is 1. The van der Waals surface area contributed by atoms with Crippen LogP contribution in [0.1, 0.15) is 5.56 Å². The van der Waals surface area contributed by atoms with E-state index in [0.29, 0.717) is 26.5 Å². The van der Waals surface area contributed by atoms with Crippen LogP contribution >= 0.6 is 35.0 Å². The van der Waals surface area contributed by atoms with Crippen molar-refractivity contribution < 1.29 is 9.53 Å². The molecule has 2 rings (SSSR count). The number of nitrogens with one attached hydrogen (secondary N) is 1. The SMILES string of the molecule is COc1c(Cl)cc(Cl)cc1/C=N\NC(=O)CSc1nncn1C. The molecular weight excluding hydrogens is 361 g/mol. The van der Waals surface area contributed by atoms with Crippen molar-refractivity contribution in [2.24, 2.45) is 12.1 Å². The topological polar surface area (TPSA) is 81.4 Å². The molecule has 0 aliphatic rings. The van der Waals surface area contributed by atoms with E-state index in [0.717, 1.165) is 0 Å². The lowest BCUT2D eigenvalue weighted by atomic mass is 10.2. The van der Waals surface area contributed by atoms with E-state index in [1.165, 1.54) is 25.1 Å². The van der Waals surface area contributed by atoms with Crippen LogP contribution in [0.4, 0.5) is 0 Å². The summed E-state index contributed by atoms with van der Waals surface area (Å²) < 4.78 is 6.90. The zero-order valence-corrected chi connectivity index (χ0v) is 14.6. The Morgan fingerprint density at radius 2 is 2.30 bits per heavy atom. The first-order valence-corrected chi connectivity index (χ1v) is 8.07. The standard InChI is InChI=1S/C13H13Cl2N5O2S/c1-20-7-17-19-13(20)23-6-11(21)18-16-5-8-3-9(14)4-10(15)12(8)22-2/h3-5,7H,6H2,1-2H3,(H,18,21)/b16-5-. The fraction of sp³-hybridized carbons (Fsp3) is 0.231. The largest absolute Gasteiger partial charge is 0.495 e. The van der Waals surface area contributed by atoms with Crippen molar-refractivity contribution >= 4 is 47.1 Å². The van der Waals surface area contributed by atoms with Gasteiger partial charge in [-0.1, -0.05) is 35.0 Å². The zero-order valence-electron chi connectivity index (χ0n) is 12.3. The van der Waals surface area contributed by atoms with Gasteiger partial charge in [-0.15, -0.1) is 10.2 Å². The van der Waals surface area contributed by atoms with Crippen LogP contribution in [-0.2, 0) is 11.8 Å². The number of methoxy groups -OCH3 is 1. The van der Waals surface area contributed by atoms with E-state index in [4.69, 9.17) is 27.9 Å². The van der Waals surface area contributed by atoms with Gasteiger partial charge in [0, 0.05) is 17.6 Å². The van der Waals surface area contributed by atoms with Gasteiger partial charge < -0.3 is 9.30 Å². The molecule has 1 aromatic carbocycles. The summed E-state index contributed by atoms with van der Waals surface area (Å²) in [6.07, 6.45) is 2.98. The number of rotatable bonds is 6. The van der Waals surface area contributed by atoms with E-state index >= 15 is 0 Å². The van der Waals surface area contributed by atoms with E-state index in [1.54, 1.807) is 30.1 Å². The second-order valence-corrected chi connectivity index (χ2v) is 6.10. The Bertz CT molecular complexity index is 735. The molecule has 1 heterocycles. The molecule has 0 saturated heterocycles. The molecule has 1 amide bonds. The molecule has 0 saturated carbocycles. The number of hydrogen-bond donors (Lipinski definition) is 1. The lowest BCUT2D eigenvalue weighted by molar-refractivity contribution is -0.118. The maximum Gasteiger partial charge on any atom is 0.250 e. The van der Waals surface area contributed by atoms with Crippen molar-refractivity contribution in [1.82, 2.24) is 20.2 Å². The molecule has 122 valence electrons. The fourth-order valence-electron chi connectivity index (χ4n) is 1.63. The van der Waals surface area contributed by atoms with Crippen molar-refractivity contribution in [2.75, 3.05) is 12.9 Å². The lowest BCUT2D eigenvalue weighted by Gasteiger charge is -2.07. The Balaban J connectivity index is 1.94. The summed E-state index contributed by atoms with van der Waals surface area (Å²) in [7, 11) is 3.29. The number of halogens is 2. The maximum atomic E-state index is 11.7. The first-order chi connectivity index (χ1) is 11.0. The normalized spacial score (nSPS) is 11.0. The van der Waals surface area contributed by atoms with E-state index in [2.05, 4.69) is 20.7 Å². The molecule has 0 fully saturated rings. The average Bonchev–Trinajstić information content (AvgIpc) is 2.90. The van der Waals surface area contributed by atoms with Crippen molar-refractivity contribution in [3.8, 4) is 5.75 Å². The minimum absolute atomic E-state index is 0.164. The van der Waals surface area contributed by atoms with Gasteiger partial charge in [0.25, 0.3) is 5.91 Å². The van der Waals surface area contributed by atoms with Gasteiger partial charge in [0.1, 0.15) is 12.1 Å². The quantitative estimate of drug-likeness (QED) is 0.477. The first-order valence-electron chi connectivity index (χ1n) is 6.33. The van der Waals surface area contributed by atoms with Crippen molar-refractivity contribution in [1.29, 1.82) is 0 Å². The summed E-state index contributed by atoms with van der Waals surface area (Å²) in [6, 6.07) is 3.20. The third-order valence-electron chi connectivity index (χ3n) is 2.64. The molecule has 0 bridgehead atoms. The highest BCUT2D eigenvalue weighted by molar-refractivity contribution is 7.99. The van der Waals surface area contributed by atoms with Crippen LogP contribution in [0.15, 0.2) is 28.7 Å². The van der Waals surface area contributed by atoms with Crippen LogP contribution in [0, 0.1) is 0 Å². The van der Waals surface area contributed by atoms with Crippen LogP contribution in [0.2, 0.25) is 10.0 Å². The van der Waals surface area contributed by atoms with Crippen LogP contribution in [0.25, 0.3) is 0 Å². The average molecular weight is 374 g/mol. The van der Waals surface area contributed by atoms with Crippen molar-refractivity contribution in [2.45, 2.75) is 5.16 Å². The summed E-state index contributed by atoms with van der Waals surface area (Å²) in [5.41, 5.74) is 2.98. The van der Waals surface area contributed by atoms with Gasteiger partial charge in [-0.2, -0.15) is 5.10 Å². The Kier molecular flexibility index (Phi) is 6.26. The van der Waals surface area contributed by atoms with Crippen LogP contribution in [0.5, 0.6) is 5.75 Å². The monoisotopic (exact) mass is 373 g/mol. The number of amides is 1. The van der Waals surface area contributed by atoms with Gasteiger partial charge in [-0.25, -0.2) is 5.43 Å². The number of nitrogens with zero attached hydrogens (tertiary/aromatic N) is 4. The molecule has 0 unspecified atom stereocenters. The molecule has 0 atom stereocenters. The second-order valence-electron chi connectivity index (χ2n) is 4.32. The third kappa shape index (κ3) is 4.85. The Morgan fingerprint density at radius 3 is 2.96 bits per heavy atom. The van der Waals surface area contributed by atoms with Gasteiger partial charge in [0.15, 0.2) is 5.16 Å². The summed E-state index contributed by atoms with van der Waals surface area (Å²) in [6.45, 7) is 0. The smallest absolute Gasteiger partial charge is 0.250 e. The van der Waals surface area contributed by atoms with Crippen LogP contribution in [0.3, 0.4) is 0 Å². The molecule has 0 spiro atoms. The number of carbonyl (C=O) groups is 1. The van der Waals surface area contributed by atoms with E-state index in [9.17, 15) is 4.79 Å². The predicted octanol–water partition coefficient (Wildman–Crippen LogP) is 2.37. The number of thioether (sulfide) groups is 1. The van der Waals surface area contributed by atoms with Gasteiger partial charge >= 0.3 is 0 Å². The molecule has 1 N–H and O–H groups in total. The highest BCUT2D eigenvalue weighted by Crippen LogP contribution is 2.31. The summed E-state index contributed by atoms with van der Waals surface area (Å²) in [4.78, 5) is 11.7. The van der Waals surface area contributed by atoms with Crippen LogP contribution < -0.4 is 10.2 Å². The van der Waals surface area contributed by atoms with Gasteiger partial charge in [-0.3, -0.25) is 4.79 Å². The van der Waals surface area contributed by atoms with Crippen molar-refractivity contribution in [3.63, 3.8) is 0 Å². The highest BCUT2D eigenvalue weighted by atomic mass is 35.5. The number of hydrogen-bond acceptors (Lipinski definition) is 6. The molecule has 1 aromatic heterocycles. The van der Waals surface area contributed by atoms with Crippen LogP contribution in [-0.4, -0.2) is 39.7 Å². The number of benzene rings is 1. The molecule has 0 aliphatic heterocycles. The molecule has 0 radical (unpaired) electrons. The Morgan fingerprint density at radius 1 is 1.52 bits per heavy atom. The van der Waals surface area contributed by atoms with E-state index < -0.39 is 0 Å². The van der Waals surface area contributed by atoms with Gasteiger partial charge in [0.05, 0.1) is 24.1 Å². The first kappa shape index (κ1) is 17.6. The maximum absolute atomic E-state index is 11.7. The third-order valence-corrected chi connectivity index (χ3v) is 4.17. The Hall–Kier alpha value is -1.77. The zero-order chi connectivity index (χ0) is 16.8. The van der Waals surface area contributed by atoms with Crippen molar-refractivity contribution in [3.05, 3.63) is 34.1 Å². The number of aromatic nitrogens is 3. The minimum atomic E-state index is -0.277. The van der Waals surface area contributed by atoms with Gasteiger partial charge in [-0.05, 0) is 12.1 Å². The van der Waals surface area contributed by atoms with E-state index in [-0.39, 0.29) is 11.7 Å². The molecule has 0 aliphatic carbocycles. The van der Waals surface area contributed by atoms with Gasteiger partial charge in [0.2, 0.25) is 0 Å². The molecule has 10 heteroatoms. The number of hydrazone groups is 1.